The Balaban J connectivity index is 1.41. The van der Waals surface area contributed by atoms with E-state index in [9.17, 15) is 4.79 Å². The molecule has 3 heterocycles. The minimum Gasteiger partial charge on any atom is -0.351 e. The molecule has 5 rings (SSSR count). The molecule has 5 aromatic rings. The molecular weight excluding hydrogens is 408 g/mol. The molecule has 0 bridgehead atoms. The lowest BCUT2D eigenvalue weighted by atomic mass is 10.1. The molecule has 0 saturated heterocycles. The van der Waals surface area contributed by atoms with Crippen molar-refractivity contribution in [3.8, 4) is 0 Å². The van der Waals surface area contributed by atoms with E-state index in [-0.39, 0.29) is 5.56 Å². The third-order valence-electron chi connectivity index (χ3n) is 5.35. The topological polar surface area (TPSA) is 88.0 Å². The van der Waals surface area contributed by atoms with Crippen LogP contribution in [0.15, 0.2) is 53.3 Å². The molecule has 2 aromatic carbocycles. The van der Waals surface area contributed by atoms with Gasteiger partial charge in [0.15, 0.2) is 0 Å². The number of fused-ring (bicyclic) bond motifs is 2. The van der Waals surface area contributed by atoms with Gasteiger partial charge in [-0.1, -0.05) is 43.3 Å². The number of hydrogen-bond acceptors (Lipinski definition) is 6. The first-order valence-corrected chi connectivity index (χ1v) is 11.1. The summed E-state index contributed by atoms with van der Waals surface area (Å²) in [5, 5.41) is 7.18. The molecule has 0 aliphatic rings. The number of para-hydroxylation sites is 1. The highest BCUT2D eigenvalue weighted by Crippen LogP contribution is 2.23. The van der Waals surface area contributed by atoms with Crippen LogP contribution in [0.1, 0.15) is 34.3 Å². The Bertz CT molecular complexity index is 1400. The minimum absolute atomic E-state index is 0.144. The van der Waals surface area contributed by atoms with Gasteiger partial charge in [-0.15, -0.1) is 11.3 Å². The highest BCUT2D eigenvalue weighted by molar-refractivity contribution is 7.18. The Morgan fingerprint density at radius 2 is 1.81 bits per heavy atom. The van der Waals surface area contributed by atoms with Gasteiger partial charge < -0.3 is 5.32 Å². The van der Waals surface area contributed by atoms with Gasteiger partial charge in [-0.3, -0.25) is 9.89 Å². The molecule has 7 nitrogen and oxygen atoms in total. The molecule has 0 fully saturated rings. The summed E-state index contributed by atoms with van der Waals surface area (Å²) in [6, 6.07) is 16.4. The molecule has 31 heavy (non-hydrogen) atoms. The normalized spacial score (nSPS) is 11.4. The number of aromatic nitrogens is 5. The Kier molecular flexibility index (Phi) is 4.99. The molecule has 0 spiro atoms. The molecule has 8 heteroatoms. The molecule has 0 atom stereocenters. The van der Waals surface area contributed by atoms with Crippen LogP contribution < -0.4 is 10.9 Å². The van der Waals surface area contributed by atoms with E-state index in [2.05, 4.69) is 56.6 Å². The number of thiazole rings is 1. The highest BCUT2D eigenvalue weighted by atomic mass is 32.1. The van der Waals surface area contributed by atoms with Gasteiger partial charge in [0.25, 0.3) is 11.3 Å². The minimum atomic E-state index is -0.144. The summed E-state index contributed by atoms with van der Waals surface area (Å²) in [7, 11) is 0. The van der Waals surface area contributed by atoms with Gasteiger partial charge in [-0.2, -0.15) is 9.50 Å². The zero-order valence-corrected chi connectivity index (χ0v) is 18.2. The van der Waals surface area contributed by atoms with Crippen molar-refractivity contribution >= 4 is 33.3 Å². The summed E-state index contributed by atoms with van der Waals surface area (Å²) in [6.07, 6.45) is 1.47. The maximum absolute atomic E-state index is 13.1. The lowest BCUT2D eigenvalue weighted by molar-refractivity contribution is 0.856. The second-order valence-corrected chi connectivity index (χ2v) is 8.58. The van der Waals surface area contributed by atoms with Crippen LogP contribution in [0.3, 0.4) is 0 Å². The van der Waals surface area contributed by atoms with Crippen LogP contribution in [0.5, 0.6) is 0 Å². The summed E-state index contributed by atoms with van der Waals surface area (Å²) in [6.45, 7) is 4.59. The van der Waals surface area contributed by atoms with E-state index in [1.165, 1.54) is 10.1 Å². The molecule has 0 saturated carbocycles. The number of nitrogens with zero attached hydrogens (tertiary/aromatic N) is 4. The molecule has 0 amide bonds. The van der Waals surface area contributed by atoms with Crippen LogP contribution in [-0.2, 0) is 19.4 Å². The van der Waals surface area contributed by atoms with Crippen LogP contribution in [-0.4, -0.2) is 24.6 Å². The van der Waals surface area contributed by atoms with Crippen LogP contribution in [0.2, 0.25) is 0 Å². The Morgan fingerprint density at radius 3 is 2.58 bits per heavy atom. The first kappa shape index (κ1) is 19.4. The van der Waals surface area contributed by atoms with Gasteiger partial charge in [0.05, 0.1) is 20.9 Å². The van der Waals surface area contributed by atoms with Gasteiger partial charge in [0.2, 0.25) is 5.95 Å². The number of H-pyrrole nitrogens is 1. The van der Waals surface area contributed by atoms with Crippen molar-refractivity contribution in [2.75, 3.05) is 5.32 Å². The van der Waals surface area contributed by atoms with Crippen molar-refractivity contribution in [3.05, 3.63) is 86.3 Å². The number of anilines is 1. The van der Waals surface area contributed by atoms with Gasteiger partial charge in [-0.25, -0.2) is 9.97 Å². The van der Waals surface area contributed by atoms with E-state index in [1.807, 2.05) is 31.2 Å². The summed E-state index contributed by atoms with van der Waals surface area (Å²) >= 11 is 1.60. The van der Waals surface area contributed by atoms with Crippen molar-refractivity contribution in [1.82, 2.24) is 24.6 Å². The van der Waals surface area contributed by atoms with E-state index in [0.29, 0.717) is 35.9 Å². The number of rotatable bonds is 6. The second kappa shape index (κ2) is 7.96. The fourth-order valence-electron chi connectivity index (χ4n) is 3.56. The standard InChI is InChI=1S/C23H22N6OS/c1-3-15-8-10-16(11-9-15)13-24-22-27-23-25-14(2)17(21(30)29(23)28-22)12-20-26-18-6-4-5-7-19(18)31-20/h4-11H,3,12-13H2,1-2H3,(H2,24,25,27,28). The fraction of sp³-hybridized carbons (Fsp3) is 0.217. The lowest BCUT2D eigenvalue weighted by Crippen LogP contribution is -2.22. The Morgan fingerprint density at radius 1 is 1.03 bits per heavy atom. The van der Waals surface area contributed by atoms with E-state index < -0.39 is 0 Å². The summed E-state index contributed by atoms with van der Waals surface area (Å²) in [5.74, 6) is 0.875. The second-order valence-electron chi connectivity index (χ2n) is 7.46. The number of aromatic amines is 1. The summed E-state index contributed by atoms with van der Waals surface area (Å²) in [4.78, 5) is 26.8. The number of nitrogens with one attached hydrogen (secondary N) is 2. The first-order valence-electron chi connectivity index (χ1n) is 10.2. The van der Waals surface area contributed by atoms with Crippen LogP contribution in [0, 0.1) is 6.92 Å². The average Bonchev–Trinajstić information content (AvgIpc) is 3.39. The summed E-state index contributed by atoms with van der Waals surface area (Å²) < 4.78 is 2.52. The zero-order chi connectivity index (χ0) is 21.4. The highest BCUT2D eigenvalue weighted by Gasteiger charge is 2.15. The van der Waals surface area contributed by atoms with Crippen LogP contribution >= 0.6 is 11.3 Å². The predicted octanol–water partition coefficient (Wildman–Crippen LogP) is 4.10. The molecular formula is C23H22N6OS. The van der Waals surface area contributed by atoms with E-state index in [0.717, 1.165) is 27.2 Å². The maximum atomic E-state index is 13.1. The molecule has 0 aliphatic carbocycles. The molecule has 3 aromatic heterocycles. The largest absolute Gasteiger partial charge is 0.351 e. The molecule has 0 radical (unpaired) electrons. The molecule has 156 valence electrons. The lowest BCUT2D eigenvalue weighted by Gasteiger charge is -2.04. The smallest absolute Gasteiger partial charge is 0.277 e. The first-order chi connectivity index (χ1) is 15.1. The van der Waals surface area contributed by atoms with E-state index >= 15 is 0 Å². The van der Waals surface area contributed by atoms with Crippen molar-refractivity contribution in [2.24, 2.45) is 0 Å². The van der Waals surface area contributed by atoms with Crippen LogP contribution in [0.25, 0.3) is 16.0 Å². The monoisotopic (exact) mass is 430 g/mol. The maximum Gasteiger partial charge on any atom is 0.277 e. The van der Waals surface area contributed by atoms with E-state index in [1.54, 1.807) is 11.3 Å². The van der Waals surface area contributed by atoms with Crippen molar-refractivity contribution < 1.29 is 0 Å². The van der Waals surface area contributed by atoms with Crippen molar-refractivity contribution in [3.63, 3.8) is 0 Å². The van der Waals surface area contributed by atoms with Crippen LogP contribution in [0.4, 0.5) is 5.95 Å². The number of hydrogen-bond donors (Lipinski definition) is 2. The van der Waals surface area contributed by atoms with Gasteiger partial charge >= 0.3 is 0 Å². The van der Waals surface area contributed by atoms with Gasteiger partial charge in [0, 0.05) is 18.5 Å². The summed E-state index contributed by atoms with van der Waals surface area (Å²) in [5.41, 5.74) is 4.56. The van der Waals surface area contributed by atoms with Gasteiger partial charge in [0.1, 0.15) is 0 Å². The van der Waals surface area contributed by atoms with Crippen molar-refractivity contribution in [2.45, 2.75) is 33.2 Å². The molecule has 0 aliphatic heterocycles. The number of benzene rings is 2. The average molecular weight is 431 g/mol. The quantitative estimate of drug-likeness (QED) is 0.423. The fourth-order valence-corrected chi connectivity index (χ4v) is 4.54. The third kappa shape index (κ3) is 3.82. The third-order valence-corrected chi connectivity index (χ3v) is 6.39. The van der Waals surface area contributed by atoms with Crippen molar-refractivity contribution in [1.29, 1.82) is 0 Å². The predicted molar refractivity (Wildman–Crippen MR) is 124 cm³/mol. The van der Waals surface area contributed by atoms with E-state index in [4.69, 9.17) is 0 Å². The zero-order valence-electron chi connectivity index (χ0n) is 17.3. The SMILES string of the molecule is CCc1ccc(CNc2nc3nc(C)c(Cc4nc5ccccc5s4)c(=O)n3[nH]2)cc1. The Labute approximate surface area is 182 Å². The van der Waals surface area contributed by atoms with Gasteiger partial charge in [-0.05, 0) is 36.6 Å². The molecule has 2 N–H and O–H groups in total. The number of aryl methyl sites for hydroxylation is 2. The Hall–Kier alpha value is -3.52. The molecule has 0 unspecified atom stereocenters.